The fraction of sp³-hybridized carbons (Fsp3) is 0.600. The first-order valence-electron chi connectivity index (χ1n) is 7.27. The Kier molecular flexibility index (Phi) is 4.78. The summed E-state index contributed by atoms with van der Waals surface area (Å²) in [5.74, 6) is 0.770. The van der Waals surface area contributed by atoms with Crippen molar-refractivity contribution in [1.82, 2.24) is 10.2 Å². The lowest BCUT2D eigenvalue weighted by molar-refractivity contribution is 0.141. The monoisotopic (exact) mass is 296 g/mol. The highest BCUT2D eigenvalue weighted by Gasteiger charge is 2.18. The van der Waals surface area contributed by atoms with Gasteiger partial charge in [-0.1, -0.05) is 17.7 Å². The maximum Gasteiger partial charge on any atom is 0.138 e. The van der Waals surface area contributed by atoms with Crippen molar-refractivity contribution in [3.63, 3.8) is 0 Å². The summed E-state index contributed by atoms with van der Waals surface area (Å²) < 4.78 is 11.2. The van der Waals surface area contributed by atoms with Gasteiger partial charge in [0.25, 0.3) is 0 Å². The van der Waals surface area contributed by atoms with Gasteiger partial charge in [-0.05, 0) is 17.7 Å². The second-order valence-corrected chi connectivity index (χ2v) is 5.80. The van der Waals surface area contributed by atoms with E-state index in [-0.39, 0.29) is 6.10 Å². The Labute approximate surface area is 125 Å². The van der Waals surface area contributed by atoms with Crippen molar-refractivity contribution >= 4 is 11.6 Å². The van der Waals surface area contributed by atoms with Crippen molar-refractivity contribution in [2.24, 2.45) is 0 Å². The van der Waals surface area contributed by atoms with Crippen LogP contribution in [0.1, 0.15) is 12.0 Å². The summed E-state index contributed by atoms with van der Waals surface area (Å²) in [4.78, 5) is 2.44. The molecule has 20 heavy (non-hydrogen) atoms. The van der Waals surface area contributed by atoms with E-state index in [1.54, 1.807) is 0 Å². The normalized spacial score (nSPS) is 23.9. The summed E-state index contributed by atoms with van der Waals surface area (Å²) >= 11 is 6.33. The van der Waals surface area contributed by atoms with Crippen LogP contribution in [0.4, 0.5) is 0 Å². The fourth-order valence-electron chi connectivity index (χ4n) is 2.65. The predicted octanol–water partition coefficient (Wildman–Crippen LogP) is 1.91. The summed E-state index contributed by atoms with van der Waals surface area (Å²) in [7, 11) is 0. The standard InChI is InChI=1S/C15H21ClN2O2/c16-14-9-12(10-18-6-4-17-5-7-18)1-2-15(14)20-13-3-8-19-11-13/h1-2,9,13,17H,3-8,10-11H2. The molecule has 0 aromatic heterocycles. The smallest absolute Gasteiger partial charge is 0.138 e. The number of hydrogen-bond donors (Lipinski definition) is 1. The summed E-state index contributed by atoms with van der Waals surface area (Å²) in [6.07, 6.45) is 1.09. The van der Waals surface area contributed by atoms with E-state index in [0.29, 0.717) is 11.6 Å². The SMILES string of the molecule is Clc1cc(CN2CCNCC2)ccc1OC1CCOC1. The molecule has 1 unspecified atom stereocenters. The highest BCUT2D eigenvalue weighted by atomic mass is 35.5. The predicted molar refractivity (Wildman–Crippen MR) is 79.5 cm³/mol. The molecule has 2 fully saturated rings. The largest absolute Gasteiger partial charge is 0.486 e. The minimum absolute atomic E-state index is 0.145. The highest BCUT2D eigenvalue weighted by Crippen LogP contribution is 2.28. The zero-order valence-corrected chi connectivity index (χ0v) is 12.4. The molecule has 0 saturated carbocycles. The van der Waals surface area contributed by atoms with Crippen molar-refractivity contribution in [2.75, 3.05) is 39.4 Å². The first kappa shape index (κ1) is 14.1. The lowest BCUT2D eigenvalue weighted by atomic mass is 10.2. The molecule has 0 amide bonds. The van der Waals surface area contributed by atoms with Crippen LogP contribution < -0.4 is 10.1 Å². The van der Waals surface area contributed by atoms with Crippen molar-refractivity contribution in [1.29, 1.82) is 0 Å². The molecule has 5 heteroatoms. The van der Waals surface area contributed by atoms with E-state index in [1.807, 2.05) is 12.1 Å². The van der Waals surface area contributed by atoms with Crippen LogP contribution in [0.15, 0.2) is 18.2 Å². The summed E-state index contributed by atoms with van der Waals surface area (Å²) in [5, 5.41) is 4.06. The second-order valence-electron chi connectivity index (χ2n) is 5.39. The number of ether oxygens (including phenoxy) is 2. The maximum atomic E-state index is 6.33. The Morgan fingerprint density at radius 3 is 2.90 bits per heavy atom. The van der Waals surface area contributed by atoms with Gasteiger partial charge in [0.2, 0.25) is 0 Å². The summed E-state index contributed by atoms with van der Waals surface area (Å²) in [6.45, 7) is 6.72. The van der Waals surface area contributed by atoms with E-state index in [9.17, 15) is 0 Å². The number of nitrogens with zero attached hydrogens (tertiary/aromatic N) is 1. The van der Waals surface area contributed by atoms with Gasteiger partial charge in [-0.2, -0.15) is 0 Å². The van der Waals surface area contributed by atoms with Crippen LogP contribution in [-0.2, 0) is 11.3 Å². The van der Waals surface area contributed by atoms with E-state index < -0.39 is 0 Å². The lowest BCUT2D eigenvalue weighted by Crippen LogP contribution is -2.42. The summed E-state index contributed by atoms with van der Waals surface area (Å²) in [5.41, 5.74) is 1.24. The van der Waals surface area contributed by atoms with E-state index in [0.717, 1.165) is 51.5 Å². The lowest BCUT2D eigenvalue weighted by Gasteiger charge is -2.27. The molecule has 1 atom stereocenters. The zero-order chi connectivity index (χ0) is 13.8. The molecule has 3 rings (SSSR count). The molecule has 0 aliphatic carbocycles. The maximum absolute atomic E-state index is 6.33. The van der Waals surface area contributed by atoms with Gasteiger partial charge < -0.3 is 14.8 Å². The van der Waals surface area contributed by atoms with Crippen LogP contribution in [-0.4, -0.2) is 50.4 Å². The third kappa shape index (κ3) is 3.64. The molecule has 1 N–H and O–H groups in total. The van der Waals surface area contributed by atoms with Gasteiger partial charge in [-0.25, -0.2) is 0 Å². The van der Waals surface area contributed by atoms with Crippen molar-refractivity contribution in [3.05, 3.63) is 28.8 Å². The fourth-order valence-corrected chi connectivity index (χ4v) is 2.90. The van der Waals surface area contributed by atoms with Gasteiger partial charge in [0, 0.05) is 39.1 Å². The molecule has 1 aromatic carbocycles. The summed E-state index contributed by atoms with van der Waals surface area (Å²) in [6, 6.07) is 6.12. The number of rotatable bonds is 4. The quantitative estimate of drug-likeness (QED) is 0.920. The van der Waals surface area contributed by atoms with Crippen molar-refractivity contribution < 1.29 is 9.47 Å². The van der Waals surface area contributed by atoms with E-state index in [1.165, 1.54) is 5.56 Å². The first-order valence-corrected chi connectivity index (χ1v) is 7.65. The minimum Gasteiger partial charge on any atom is -0.486 e. The molecule has 2 aliphatic heterocycles. The Bertz CT molecular complexity index is 443. The number of piperazine rings is 1. The van der Waals surface area contributed by atoms with Crippen LogP contribution in [0.3, 0.4) is 0 Å². The molecule has 0 spiro atoms. The van der Waals surface area contributed by atoms with E-state index in [2.05, 4.69) is 16.3 Å². The third-order valence-electron chi connectivity index (χ3n) is 3.79. The van der Waals surface area contributed by atoms with Gasteiger partial charge in [0.05, 0.1) is 18.2 Å². The third-order valence-corrected chi connectivity index (χ3v) is 4.09. The number of halogens is 1. The molecule has 0 bridgehead atoms. The second kappa shape index (κ2) is 6.76. The Morgan fingerprint density at radius 2 is 2.20 bits per heavy atom. The molecule has 2 aliphatic rings. The number of benzene rings is 1. The number of nitrogens with one attached hydrogen (secondary N) is 1. The molecule has 4 nitrogen and oxygen atoms in total. The average molecular weight is 297 g/mol. The minimum atomic E-state index is 0.145. The van der Waals surface area contributed by atoms with Crippen LogP contribution in [0.25, 0.3) is 0 Å². The molecule has 1 aromatic rings. The highest BCUT2D eigenvalue weighted by molar-refractivity contribution is 6.32. The average Bonchev–Trinajstić information content (AvgIpc) is 2.96. The van der Waals surface area contributed by atoms with Gasteiger partial charge in [-0.15, -0.1) is 0 Å². The molecular weight excluding hydrogens is 276 g/mol. The van der Waals surface area contributed by atoms with Crippen LogP contribution in [0.5, 0.6) is 5.75 Å². The van der Waals surface area contributed by atoms with E-state index in [4.69, 9.17) is 21.1 Å². The molecule has 2 heterocycles. The van der Waals surface area contributed by atoms with E-state index >= 15 is 0 Å². The molecule has 0 radical (unpaired) electrons. The van der Waals surface area contributed by atoms with Crippen molar-refractivity contribution in [2.45, 2.75) is 19.1 Å². The van der Waals surface area contributed by atoms with Gasteiger partial charge in [0.1, 0.15) is 11.9 Å². The van der Waals surface area contributed by atoms with Crippen LogP contribution in [0.2, 0.25) is 5.02 Å². The molecule has 110 valence electrons. The Balaban J connectivity index is 1.60. The van der Waals surface area contributed by atoms with Crippen molar-refractivity contribution in [3.8, 4) is 5.75 Å². The Hall–Kier alpha value is -0.810. The number of hydrogen-bond acceptors (Lipinski definition) is 4. The molecular formula is C15H21ClN2O2. The topological polar surface area (TPSA) is 33.7 Å². The van der Waals surface area contributed by atoms with Gasteiger partial charge in [0.15, 0.2) is 0 Å². The zero-order valence-electron chi connectivity index (χ0n) is 11.6. The Morgan fingerprint density at radius 1 is 1.35 bits per heavy atom. The van der Waals surface area contributed by atoms with Gasteiger partial charge >= 0.3 is 0 Å². The van der Waals surface area contributed by atoms with Crippen LogP contribution in [0, 0.1) is 0 Å². The first-order chi connectivity index (χ1) is 9.81. The molecule has 2 saturated heterocycles. The van der Waals surface area contributed by atoms with Crippen LogP contribution >= 0.6 is 11.6 Å². The van der Waals surface area contributed by atoms with Gasteiger partial charge in [-0.3, -0.25) is 4.90 Å².